The fraction of sp³-hybridized carbons (Fsp3) is 0.407. The lowest BCUT2D eigenvalue weighted by Gasteiger charge is -2.30. The number of amides is 2. The Hall–Kier alpha value is -3.28. The van der Waals surface area contributed by atoms with E-state index in [1.54, 1.807) is 17.1 Å². The number of rotatable bonds is 10. The molecule has 2 aromatic rings. The van der Waals surface area contributed by atoms with Gasteiger partial charge in [-0.2, -0.15) is 0 Å². The van der Waals surface area contributed by atoms with Crippen LogP contribution in [0.5, 0.6) is 11.5 Å². The van der Waals surface area contributed by atoms with Gasteiger partial charge in [0.1, 0.15) is 0 Å². The van der Waals surface area contributed by atoms with Crippen LogP contribution >= 0.6 is 0 Å². The molecular weight excluding hydrogens is 416 g/mol. The molecule has 0 radical (unpaired) electrons. The molecule has 2 amide bonds. The molecule has 0 saturated carbocycles. The van der Waals surface area contributed by atoms with Crippen LogP contribution in [0.2, 0.25) is 0 Å². The minimum absolute atomic E-state index is 0.0394. The summed E-state index contributed by atoms with van der Waals surface area (Å²) in [6, 6.07) is 15.6. The fourth-order valence-corrected chi connectivity index (χ4v) is 3.79. The van der Waals surface area contributed by atoms with Crippen LogP contribution in [-0.4, -0.2) is 43.0 Å². The zero-order chi connectivity index (χ0) is 23.5. The summed E-state index contributed by atoms with van der Waals surface area (Å²) in [5.74, 6) is 1.38. The second-order valence-electron chi connectivity index (χ2n) is 8.12. The summed E-state index contributed by atoms with van der Waals surface area (Å²) >= 11 is 0. The smallest absolute Gasteiger partial charge is 0.246 e. The quantitative estimate of drug-likeness (QED) is 0.544. The molecular formula is C27H34N2O4. The first kappa shape index (κ1) is 24.4. The molecule has 0 unspecified atom stereocenters. The molecule has 0 aliphatic carbocycles. The third-order valence-corrected chi connectivity index (χ3v) is 5.63. The zero-order valence-corrected chi connectivity index (χ0v) is 19.6. The largest absolute Gasteiger partial charge is 0.490 e. The van der Waals surface area contributed by atoms with Gasteiger partial charge in [-0.3, -0.25) is 9.59 Å². The maximum absolute atomic E-state index is 12.7. The normalized spacial score (nSPS) is 14.3. The Kier molecular flexibility index (Phi) is 9.36. The van der Waals surface area contributed by atoms with Crippen molar-refractivity contribution in [1.82, 2.24) is 10.2 Å². The summed E-state index contributed by atoms with van der Waals surface area (Å²) in [6.07, 6.45) is 5.67. The molecule has 6 nitrogen and oxygen atoms in total. The van der Waals surface area contributed by atoms with Gasteiger partial charge >= 0.3 is 0 Å². The lowest BCUT2D eigenvalue weighted by molar-refractivity contribution is -0.132. The molecule has 33 heavy (non-hydrogen) atoms. The van der Waals surface area contributed by atoms with Gasteiger partial charge in [0.25, 0.3) is 0 Å². The molecule has 1 N–H and O–H groups in total. The number of carbonyl (C=O) groups is 2. The summed E-state index contributed by atoms with van der Waals surface area (Å²) < 4.78 is 11.4. The number of hydrogen-bond acceptors (Lipinski definition) is 4. The molecule has 1 aliphatic rings. The van der Waals surface area contributed by atoms with Crippen molar-refractivity contribution in [3.63, 3.8) is 0 Å². The fourth-order valence-electron chi connectivity index (χ4n) is 3.79. The summed E-state index contributed by atoms with van der Waals surface area (Å²) in [5.41, 5.74) is 1.96. The number of likely N-dealkylation sites (tertiary alicyclic amines) is 1. The molecule has 1 fully saturated rings. The molecule has 1 aliphatic heterocycles. The van der Waals surface area contributed by atoms with Gasteiger partial charge in [-0.15, -0.1) is 0 Å². The van der Waals surface area contributed by atoms with Crippen LogP contribution < -0.4 is 14.8 Å². The van der Waals surface area contributed by atoms with Crippen LogP contribution in [0.25, 0.3) is 6.08 Å². The third-order valence-electron chi connectivity index (χ3n) is 5.63. The van der Waals surface area contributed by atoms with Gasteiger partial charge in [0.05, 0.1) is 13.2 Å². The minimum Gasteiger partial charge on any atom is -0.490 e. The van der Waals surface area contributed by atoms with E-state index in [0.29, 0.717) is 51.4 Å². The molecule has 0 spiro atoms. The Morgan fingerprint density at radius 1 is 1.03 bits per heavy atom. The van der Waals surface area contributed by atoms with E-state index in [9.17, 15) is 9.59 Å². The van der Waals surface area contributed by atoms with Gasteiger partial charge in [0.2, 0.25) is 11.8 Å². The molecule has 0 bridgehead atoms. The van der Waals surface area contributed by atoms with E-state index in [0.717, 1.165) is 23.3 Å². The van der Waals surface area contributed by atoms with Crippen molar-refractivity contribution in [2.45, 2.75) is 39.7 Å². The van der Waals surface area contributed by atoms with Crippen molar-refractivity contribution < 1.29 is 19.1 Å². The topological polar surface area (TPSA) is 67.9 Å². The van der Waals surface area contributed by atoms with Crippen LogP contribution in [0, 0.1) is 5.92 Å². The lowest BCUT2D eigenvalue weighted by atomic mass is 9.95. The Labute approximate surface area is 196 Å². The molecule has 176 valence electrons. The molecule has 0 atom stereocenters. The Morgan fingerprint density at radius 2 is 1.79 bits per heavy atom. The van der Waals surface area contributed by atoms with Crippen molar-refractivity contribution in [1.29, 1.82) is 0 Å². The molecule has 1 saturated heterocycles. The number of nitrogens with one attached hydrogen (secondary N) is 1. The highest BCUT2D eigenvalue weighted by atomic mass is 16.5. The Bertz CT molecular complexity index is 934. The third kappa shape index (κ3) is 7.38. The highest BCUT2D eigenvalue weighted by Crippen LogP contribution is 2.29. The van der Waals surface area contributed by atoms with E-state index in [4.69, 9.17) is 9.47 Å². The summed E-state index contributed by atoms with van der Waals surface area (Å²) in [7, 11) is 0. The number of ether oxygens (including phenoxy) is 2. The first-order valence-electron chi connectivity index (χ1n) is 11.8. The first-order chi connectivity index (χ1) is 16.1. The van der Waals surface area contributed by atoms with E-state index in [2.05, 4.69) is 12.2 Å². The zero-order valence-electron chi connectivity index (χ0n) is 19.6. The van der Waals surface area contributed by atoms with E-state index in [-0.39, 0.29) is 17.7 Å². The number of nitrogens with zero attached hydrogens (tertiary/aromatic N) is 1. The molecule has 1 heterocycles. The predicted molar refractivity (Wildman–Crippen MR) is 130 cm³/mol. The first-order valence-corrected chi connectivity index (χ1v) is 11.8. The van der Waals surface area contributed by atoms with Crippen LogP contribution in [0.15, 0.2) is 54.6 Å². The van der Waals surface area contributed by atoms with Crippen molar-refractivity contribution in [2.24, 2.45) is 5.92 Å². The van der Waals surface area contributed by atoms with E-state index in [1.807, 2.05) is 55.5 Å². The molecule has 3 rings (SSSR count). The predicted octanol–water partition coefficient (Wildman–Crippen LogP) is 4.44. The highest BCUT2D eigenvalue weighted by Gasteiger charge is 2.26. The van der Waals surface area contributed by atoms with Crippen molar-refractivity contribution in [3.05, 3.63) is 65.7 Å². The second kappa shape index (κ2) is 12.7. The monoisotopic (exact) mass is 450 g/mol. The number of hydrogen-bond donors (Lipinski definition) is 1. The minimum atomic E-state index is -0.0499. The maximum atomic E-state index is 12.7. The van der Waals surface area contributed by atoms with Gasteiger partial charge in [0, 0.05) is 31.6 Å². The average molecular weight is 451 g/mol. The standard InChI is InChI=1S/C27H34N2O4/c1-3-18-33-24-12-10-21(19-25(24)32-4-2)11-13-26(30)29-16-14-23(15-17-29)27(31)28-20-22-8-6-5-7-9-22/h5-13,19,23H,3-4,14-18,20H2,1-2H3,(H,28,31)/b13-11+. The average Bonchev–Trinajstić information content (AvgIpc) is 2.86. The summed E-state index contributed by atoms with van der Waals surface area (Å²) in [6.45, 7) is 6.87. The number of carbonyl (C=O) groups excluding carboxylic acids is 2. The van der Waals surface area contributed by atoms with Crippen LogP contribution in [0.1, 0.15) is 44.2 Å². The van der Waals surface area contributed by atoms with Gasteiger partial charge < -0.3 is 19.7 Å². The van der Waals surface area contributed by atoms with Crippen molar-refractivity contribution in [3.8, 4) is 11.5 Å². The van der Waals surface area contributed by atoms with E-state index >= 15 is 0 Å². The van der Waals surface area contributed by atoms with Crippen molar-refractivity contribution >= 4 is 17.9 Å². The van der Waals surface area contributed by atoms with Crippen molar-refractivity contribution in [2.75, 3.05) is 26.3 Å². The Morgan fingerprint density at radius 3 is 2.48 bits per heavy atom. The summed E-state index contributed by atoms with van der Waals surface area (Å²) in [4.78, 5) is 27.0. The molecule has 2 aromatic carbocycles. The van der Waals surface area contributed by atoms with E-state index < -0.39 is 0 Å². The number of benzene rings is 2. The van der Waals surface area contributed by atoms with Gasteiger partial charge in [-0.25, -0.2) is 0 Å². The van der Waals surface area contributed by atoms with Crippen LogP contribution in [0.3, 0.4) is 0 Å². The second-order valence-corrected chi connectivity index (χ2v) is 8.12. The Balaban J connectivity index is 1.49. The number of piperidine rings is 1. The van der Waals surface area contributed by atoms with Crippen LogP contribution in [0.4, 0.5) is 0 Å². The molecule has 0 aromatic heterocycles. The van der Waals surface area contributed by atoms with Gasteiger partial charge in [0.15, 0.2) is 11.5 Å². The lowest BCUT2D eigenvalue weighted by Crippen LogP contribution is -2.42. The van der Waals surface area contributed by atoms with Crippen LogP contribution in [-0.2, 0) is 16.1 Å². The SMILES string of the molecule is CCCOc1ccc(/C=C/C(=O)N2CCC(C(=O)NCc3ccccc3)CC2)cc1OCC. The maximum Gasteiger partial charge on any atom is 0.246 e. The van der Waals surface area contributed by atoms with Gasteiger partial charge in [-0.05, 0) is 55.5 Å². The van der Waals surface area contributed by atoms with E-state index in [1.165, 1.54) is 0 Å². The highest BCUT2D eigenvalue weighted by molar-refractivity contribution is 5.92. The summed E-state index contributed by atoms with van der Waals surface area (Å²) in [5, 5.41) is 3.01. The molecule has 6 heteroatoms. The van der Waals surface area contributed by atoms with Gasteiger partial charge in [-0.1, -0.05) is 43.3 Å².